The maximum Gasteiger partial charge on any atom is 0.243 e. The fourth-order valence-electron chi connectivity index (χ4n) is 2.58. The van der Waals surface area contributed by atoms with Gasteiger partial charge in [0, 0.05) is 24.7 Å². The Morgan fingerprint density at radius 1 is 1.15 bits per heavy atom. The Bertz CT molecular complexity index is 854. The van der Waals surface area contributed by atoms with Crippen molar-refractivity contribution in [1.29, 1.82) is 0 Å². The summed E-state index contributed by atoms with van der Waals surface area (Å²) in [4.78, 5) is 24.4. The van der Waals surface area contributed by atoms with Gasteiger partial charge >= 0.3 is 0 Å². The third kappa shape index (κ3) is 4.97. The molecule has 2 heterocycles. The van der Waals surface area contributed by atoms with Gasteiger partial charge in [-0.3, -0.25) is 9.59 Å². The second kappa shape index (κ2) is 7.96. The number of benzene rings is 1. The number of carbonyl (C=O) groups excluding carboxylic acids is 2. The second-order valence-electron chi connectivity index (χ2n) is 7.39. The van der Waals surface area contributed by atoms with Gasteiger partial charge in [0.05, 0.1) is 12.3 Å². The predicted molar refractivity (Wildman–Crippen MR) is 106 cm³/mol. The van der Waals surface area contributed by atoms with Crippen molar-refractivity contribution >= 4 is 34.0 Å². The zero-order chi connectivity index (χ0) is 19.4. The van der Waals surface area contributed by atoms with Crippen molar-refractivity contribution in [2.75, 3.05) is 11.9 Å². The van der Waals surface area contributed by atoms with Crippen LogP contribution in [0, 0.1) is 0 Å². The molecule has 1 aromatic carbocycles. The summed E-state index contributed by atoms with van der Waals surface area (Å²) < 4.78 is 0. The zero-order valence-electron chi connectivity index (χ0n) is 15.7. The summed E-state index contributed by atoms with van der Waals surface area (Å²) in [5, 5.41) is 18.0. The van der Waals surface area contributed by atoms with Gasteiger partial charge in [-0.1, -0.05) is 62.4 Å². The largest absolute Gasteiger partial charge is 0.301 e. The molecule has 8 heteroatoms. The number of hydrogen-bond acceptors (Lipinski definition) is 6. The number of anilines is 1. The second-order valence-corrected chi connectivity index (χ2v) is 8.37. The van der Waals surface area contributed by atoms with Crippen LogP contribution >= 0.6 is 11.3 Å². The lowest BCUT2D eigenvalue weighted by atomic mass is 9.98. The van der Waals surface area contributed by atoms with E-state index in [1.807, 2.05) is 51.1 Å². The van der Waals surface area contributed by atoms with Crippen LogP contribution in [0.2, 0.25) is 0 Å². The molecule has 7 nitrogen and oxygen atoms in total. The zero-order valence-corrected chi connectivity index (χ0v) is 16.5. The molecule has 0 spiro atoms. The lowest BCUT2D eigenvalue weighted by Gasteiger charge is -2.12. The van der Waals surface area contributed by atoms with E-state index in [0.29, 0.717) is 11.7 Å². The maximum absolute atomic E-state index is 12.3. The molecule has 0 fully saturated rings. The standard InChI is InChI=1S/C19H23N5O2S/c1-19(2,3)17-21-22-18(27-17)20-15(25)9-10-16(26)24-12-11-14(23-24)13-7-5-4-6-8-13/h4-8H,9-12H2,1-3H3,(H,20,22,25). The third-order valence-corrected chi connectivity index (χ3v) is 5.34. The number of aromatic nitrogens is 2. The summed E-state index contributed by atoms with van der Waals surface area (Å²) in [6.45, 7) is 6.67. The monoisotopic (exact) mass is 385 g/mol. The van der Waals surface area contributed by atoms with Gasteiger partial charge in [0.25, 0.3) is 0 Å². The first-order chi connectivity index (χ1) is 12.8. The van der Waals surface area contributed by atoms with Gasteiger partial charge in [0.1, 0.15) is 5.01 Å². The highest BCUT2D eigenvalue weighted by Crippen LogP contribution is 2.27. The van der Waals surface area contributed by atoms with Crippen LogP contribution in [0.4, 0.5) is 5.13 Å². The fourth-order valence-corrected chi connectivity index (χ4v) is 3.40. The Morgan fingerprint density at radius 3 is 2.56 bits per heavy atom. The van der Waals surface area contributed by atoms with Crippen LogP contribution < -0.4 is 5.32 Å². The lowest BCUT2D eigenvalue weighted by molar-refractivity contribution is -0.132. The maximum atomic E-state index is 12.3. The van der Waals surface area contributed by atoms with E-state index in [1.165, 1.54) is 16.3 Å². The normalized spacial score (nSPS) is 14.2. The molecular formula is C19H23N5O2S. The Kier molecular flexibility index (Phi) is 5.65. The van der Waals surface area contributed by atoms with Crippen molar-refractivity contribution < 1.29 is 9.59 Å². The average Bonchev–Trinajstić information content (AvgIpc) is 3.30. The smallest absolute Gasteiger partial charge is 0.243 e. The number of nitrogens with zero attached hydrogens (tertiary/aromatic N) is 4. The van der Waals surface area contributed by atoms with E-state index in [2.05, 4.69) is 20.6 Å². The van der Waals surface area contributed by atoms with Crippen LogP contribution in [-0.4, -0.2) is 39.3 Å². The summed E-state index contributed by atoms with van der Waals surface area (Å²) >= 11 is 1.35. The van der Waals surface area contributed by atoms with Gasteiger partial charge in [0.15, 0.2) is 0 Å². The van der Waals surface area contributed by atoms with Gasteiger partial charge in [-0.05, 0) is 5.56 Å². The molecule has 0 saturated carbocycles. The number of hydrazone groups is 1. The Morgan fingerprint density at radius 2 is 1.89 bits per heavy atom. The van der Waals surface area contributed by atoms with Gasteiger partial charge in [-0.15, -0.1) is 10.2 Å². The highest BCUT2D eigenvalue weighted by molar-refractivity contribution is 7.15. The first kappa shape index (κ1) is 19.2. The topological polar surface area (TPSA) is 87.5 Å². The molecule has 0 radical (unpaired) electrons. The van der Waals surface area contributed by atoms with E-state index < -0.39 is 0 Å². The highest BCUT2D eigenvalue weighted by Gasteiger charge is 2.23. The summed E-state index contributed by atoms with van der Waals surface area (Å²) in [6.07, 6.45) is 0.931. The average molecular weight is 385 g/mol. The van der Waals surface area contributed by atoms with E-state index in [1.54, 1.807) is 0 Å². The number of hydrogen-bond donors (Lipinski definition) is 1. The summed E-state index contributed by atoms with van der Waals surface area (Å²) in [5.41, 5.74) is 1.81. The third-order valence-electron chi connectivity index (χ3n) is 4.08. The lowest BCUT2D eigenvalue weighted by Crippen LogP contribution is -2.24. The SMILES string of the molecule is CC(C)(C)c1nnc(NC(=O)CCC(=O)N2CCC(c3ccccc3)=N2)s1. The van der Waals surface area contributed by atoms with Crippen molar-refractivity contribution in [3.8, 4) is 0 Å². The molecule has 0 saturated heterocycles. The van der Waals surface area contributed by atoms with E-state index in [0.717, 1.165) is 22.7 Å². The van der Waals surface area contributed by atoms with Crippen LogP contribution in [0.5, 0.6) is 0 Å². The molecule has 1 N–H and O–H groups in total. The van der Waals surface area contributed by atoms with E-state index in [-0.39, 0.29) is 30.1 Å². The minimum Gasteiger partial charge on any atom is -0.301 e. The highest BCUT2D eigenvalue weighted by atomic mass is 32.1. The molecule has 27 heavy (non-hydrogen) atoms. The minimum absolute atomic E-state index is 0.0932. The van der Waals surface area contributed by atoms with Crippen molar-refractivity contribution in [3.63, 3.8) is 0 Å². The van der Waals surface area contributed by atoms with Crippen LogP contribution in [0.1, 0.15) is 50.6 Å². The van der Waals surface area contributed by atoms with E-state index >= 15 is 0 Å². The first-order valence-electron chi connectivity index (χ1n) is 8.90. The molecule has 1 aromatic heterocycles. The summed E-state index contributed by atoms with van der Waals surface area (Å²) in [6, 6.07) is 9.81. The molecule has 1 aliphatic rings. The molecule has 142 valence electrons. The fraction of sp³-hybridized carbons (Fsp3) is 0.421. The molecular weight excluding hydrogens is 362 g/mol. The molecule has 0 aliphatic carbocycles. The van der Waals surface area contributed by atoms with Crippen LogP contribution in [-0.2, 0) is 15.0 Å². The van der Waals surface area contributed by atoms with E-state index in [4.69, 9.17) is 0 Å². The molecule has 0 bridgehead atoms. The van der Waals surface area contributed by atoms with Crippen LogP contribution in [0.15, 0.2) is 35.4 Å². The van der Waals surface area contributed by atoms with Crippen molar-refractivity contribution in [2.24, 2.45) is 5.10 Å². The number of carbonyl (C=O) groups is 2. The summed E-state index contributed by atoms with van der Waals surface area (Å²) in [7, 11) is 0. The minimum atomic E-state index is -0.244. The van der Waals surface area contributed by atoms with E-state index in [9.17, 15) is 9.59 Å². The van der Waals surface area contributed by atoms with Gasteiger partial charge in [0.2, 0.25) is 16.9 Å². The number of nitrogens with one attached hydrogen (secondary N) is 1. The molecule has 3 rings (SSSR count). The number of amides is 2. The van der Waals surface area contributed by atoms with Gasteiger partial charge in [-0.25, -0.2) is 5.01 Å². The first-order valence-corrected chi connectivity index (χ1v) is 9.71. The van der Waals surface area contributed by atoms with Crippen LogP contribution in [0.3, 0.4) is 0 Å². The van der Waals surface area contributed by atoms with Crippen molar-refractivity contribution in [3.05, 3.63) is 40.9 Å². The van der Waals surface area contributed by atoms with Gasteiger partial charge < -0.3 is 5.32 Å². The van der Waals surface area contributed by atoms with Crippen LogP contribution in [0.25, 0.3) is 0 Å². The van der Waals surface area contributed by atoms with Crippen molar-refractivity contribution in [1.82, 2.24) is 15.2 Å². The number of rotatable bonds is 5. The predicted octanol–water partition coefficient (Wildman–Crippen LogP) is 3.19. The van der Waals surface area contributed by atoms with Crippen molar-refractivity contribution in [2.45, 2.75) is 45.4 Å². The Balaban J connectivity index is 1.50. The summed E-state index contributed by atoms with van der Waals surface area (Å²) in [5.74, 6) is -0.393. The quantitative estimate of drug-likeness (QED) is 0.856. The molecule has 0 unspecified atom stereocenters. The molecule has 0 atom stereocenters. The molecule has 1 aliphatic heterocycles. The molecule has 2 amide bonds. The van der Waals surface area contributed by atoms with Gasteiger partial charge in [-0.2, -0.15) is 5.10 Å². The Labute approximate surface area is 162 Å². The Hall–Kier alpha value is -2.61. The molecule has 2 aromatic rings.